The smallest absolute Gasteiger partial charge is 0.282 e. The van der Waals surface area contributed by atoms with Gasteiger partial charge in [0.25, 0.3) is 5.91 Å². The molecule has 0 radical (unpaired) electrons. The molecule has 17 heavy (non-hydrogen) atoms. The first-order chi connectivity index (χ1) is 7.92. The molecule has 1 heterocycles. The molecule has 0 bridgehead atoms. The molecule has 96 valence electrons. The fourth-order valence-corrected chi connectivity index (χ4v) is 1.99. The largest absolute Gasteiger partial charge is 0.363 e. The van der Waals surface area contributed by atoms with Crippen LogP contribution in [-0.4, -0.2) is 50.9 Å². The van der Waals surface area contributed by atoms with Crippen LogP contribution < -0.4 is 15.4 Å². The van der Waals surface area contributed by atoms with Gasteiger partial charge in [-0.1, -0.05) is 11.3 Å². The van der Waals surface area contributed by atoms with Crippen molar-refractivity contribution in [2.75, 3.05) is 31.7 Å². The molecule has 1 amide bonds. The highest BCUT2D eigenvalue weighted by Crippen LogP contribution is 2.13. The van der Waals surface area contributed by atoms with Gasteiger partial charge in [0, 0.05) is 20.1 Å². The minimum Gasteiger partial charge on any atom is -0.363 e. The molecular formula is C7H13N5O3S2. The van der Waals surface area contributed by atoms with Crippen LogP contribution in [0.15, 0.2) is 0 Å². The number of anilines is 1. The third-order valence-corrected chi connectivity index (χ3v) is 3.28. The van der Waals surface area contributed by atoms with E-state index in [9.17, 15) is 13.2 Å². The zero-order valence-corrected chi connectivity index (χ0v) is 11.0. The predicted molar refractivity (Wildman–Crippen MR) is 64.6 cm³/mol. The second kappa shape index (κ2) is 5.89. The normalized spacial score (nSPS) is 11.2. The summed E-state index contributed by atoms with van der Waals surface area (Å²) in [5, 5.41) is 13.4. The van der Waals surface area contributed by atoms with Gasteiger partial charge >= 0.3 is 0 Å². The molecule has 0 fully saturated rings. The van der Waals surface area contributed by atoms with Gasteiger partial charge < -0.3 is 10.6 Å². The number of sulfonamides is 1. The lowest BCUT2D eigenvalue weighted by Gasteiger charge is -2.02. The first-order valence-electron chi connectivity index (χ1n) is 4.66. The van der Waals surface area contributed by atoms with Gasteiger partial charge in [-0.2, -0.15) is 0 Å². The minimum absolute atomic E-state index is 0.141. The molecule has 0 spiro atoms. The van der Waals surface area contributed by atoms with Crippen LogP contribution in [0.4, 0.5) is 5.13 Å². The van der Waals surface area contributed by atoms with Gasteiger partial charge in [0.1, 0.15) is 0 Å². The molecule has 0 aliphatic heterocycles. The molecule has 0 saturated carbocycles. The molecule has 0 aliphatic rings. The highest BCUT2D eigenvalue weighted by atomic mass is 32.2. The summed E-state index contributed by atoms with van der Waals surface area (Å²) in [5.41, 5.74) is 0. The second-order valence-electron chi connectivity index (χ2n) is 3.08. The number of amides is 1. The van der Waals surface area contributed by atoms with E-state index in [1.165, 1.54) is 0 Å². The molecule has 0 aliphatic carbocycles. The number of nitrogens with one attached hydrogen (secondary N) is 3. The number of carbonyl (C=O) groups is 1. The van der Waals surface area contributed by atoms with Crippen molar-refractivity contribution in [1.29, 1.82) is 0 Å². The summed E-state index contributed by atoms with van der Waals surface area (Å²) < 4.78 is 23.7. The highest BCUT2D eigenvalue weighted by molar-refractivity contribution is 7.88. The van der Waals surface area contributed by atoms with Crippen LogP contribution >= 0.6 is 11.3 Å². The molecule has 3 N–H and O–H groups in total. The van der Waals surface area contributed by atoms with Crippen molar-refractivity contribution in [2.24, 2.45) is 0 Å². The average Bonchev–Trinajstić information content (AvgIpc) is 2.71. The van der Waals surface area contributed by atoms with E-state index in [2.05, 4.69) is 25.6 Å². The molecular weight excluding hydrogens is 266 g/mol. The standard InChI is InChI=1S/C7H13N5O3S2/c1-8-7-12-11-6(16-7)5(13)9-3-4-10-17(2,14)15/h10H,3-4H2,1-2H3,(H,8,12)(H,9,13). The Bertz CT molecular complexity index is 483. The van der Waals surface area contributed by atoms with Crippen LogP contribution in [0.25, 0.3) is 0 Å². The van der Waals surface area contributed by atoms with Crippen LogP contribution in [0.5, 0.6) is 0 Å². The summed E-state index contributed by atoms with van der Waals surface area (Å²) in [7, 11) is -1.54. The first-order valence-corrected chi connectivity index (χ1v) is 7.37. The summed E-state index contributed by atoms with van der Waals surface area (Å²) in [4.78, 5) is 11.5. The number of rotatable bonds is 6. The lowest BCUT2D eigenvalue weighted by molar-refractivity contribution is 0.0953. The molecule has 8 nitrogen and oxygen atoms in total. The Labute approximate surface area is 103 Å². The maximum absolute atomic E-state index is 11.5. The number of aromatic nitrogens is 2. The zero-order valence-electron chi connectivity index (χ0n) is 9.35. The zero-order chi connectivity index (χ0) is 12.9. The van der Waals surface area contributed by atoms with Crippen molar-refractivity contribution in [3.63, 3.8) is 0 Å². The molecule has 10 heteroatoms. The van der Waals surface area contributed by atoms with Crippen molar-refractivity contribution < 1.29 is 13.2 Å². The topological polar surface area (TPSA) is 113 Å². The molecule has 0 aromatic carbocycles. The molecule has 0 atom stereocenters. The second-order valence-corrected chi connectivity index (χ2v) is 5.90. The Morgan fingerprint density at radius 3 is 2.59 bits per heavy atom. The van der Waals surface area contributed by atoms with Gasteiger partial charge in [-0.3, -0.25) is 4.79 Å². The molecule has 1 rings (SSSR count). The Balaban J connectivity index is 2.35. The summed E-state index contributed by atoms with van der Waals surface area (Å²) in [6.07, 6.45) is 1.05. The first kappa shape index (κ1) is 13.8. The third kappa shape index (κ3) is 5.06. The Morgan fingerprint density at radius 1 is 1.35 bits per heavy atom. The lowest BCUT2D eigenvalue weighted by atomic mass is 10.6. The summed E-state index contributed by atoms with van der Waals surface area (Å²) >= 11 is 1.12. The Morgan fingerprint density at radius 2 is 2.06 bits per heavy atom. The van der Waals surface area contributed by atoms with E-state index >= 15 is 0 Å². The van der Waals surface area contributed by atoms with Crippen molar-refractivity contribution >= 4 is 32.4 Å². The lowest BCUT2D eigenvalue weighted by Crippen LogP contribution is -2.34. The van der Waals surface area contributed by atoms with Crippen LogP contribution in [0.2, 0.25) is 0 Å². The fraction of sp³-hybridized carbons (Fsp3) is 0.571. The fourth-order valence-electron chi connectivity index (χ4n) is 0.904. The van der Waals surface area contributed by atoms with E-state index in [1.807, 2.05) is 0 Å². The van der Waals surface area contributed by atoms with Gasteiger partial charge in [-0.25, -0.2) is 13.1 Å². The summed E-state index contributed by atoms with van der Waals surface area (Å²) in [6.45, 7) is 0.336. The predicted octanol–water partition coefficient (Wildman–Crippen LogP) is -1.14. The van der Waals surface area contributed by atoms with Gasteiger partial charge in [0.2, 0.25) is 20.2 Å². The summed E-state index contributed by atoms with van der Waals surface area (Å²) in [6, 6.07) is 0. The Kier molecular flexibility index (Phi) is 4.78. The van der Waals surface area contributed by atoms with Crippen molar-refractivity contribution in [2.45, 2.75) is 0 Å². The van der Waals surface area contributed by atoms with E-state index in [0.29, 0.717) is 5.13 Å². The van der Waals surface area contributed by atoms with Crippen LogP contribution in [0.3, 0.4) is 0 Å². The van der Waals surface area contributed by atoms with Gasteiger partial charge in [0.15, 0.2) is 0 Å². The van der Waals surface area contributed by atoms with Crippen LogP contribution in [0.1, 0.15) is 9.80 Å². The molecule has 1 aromatic heterocycles. The average molecular weight is 279 g/mol. The minimum atomic E-state index is -3.22. The monoisotopic (exact) mass is 279 g/mol. The van der Waals surface area contributed by atoms with Crippen LogP contribution in [0, 0.1) is 0 Å². The molecule has 0 unspecified atom stereocenters. The quantitative estimate of drug-likeness (QED) is 0.567. The maximum Gasteiger partial charge on any atom is 0.282 e. The third-order valence-electron chi connectivity index (χ3n) is 1.61. The highest BCUT2D eigenvalue weighted by Gasteiger charge is 2.11. The SMILES string of the molecule is CNc1nnc(C(=O)NCCNS(C)(=O)=O)s1. The Hall–Kier alpha value is -1.26. The summed E-state index contributed by atoms with van der Waals surface area (Å²) in [5.74, 6) is -0.376. The van der Waals surface area contributed by atoms with Gasteiger partial charge in [-0.05, 0) is 0 Å². The van der Waals surface area contributed by atoms with Crippen molar-refractivity contribution in [3.05, 3.63) is 5.01 Å². The van der Waals surface area contributed by atoms with E-state index in [-0.39, 0.29) is 24.0 Å². The van der Waals surface area contributed by atoms with Crippen molar-refractivity contribution in [3.8, 4) is 0 Å². The molecule has 0 saturated heterocycles. The number of hydrogen-bond donors (Lipinski definition) is 3. The van der Waals surface area contributed by atoms with Crippen LogP contribution in [-0.2, 0) is 10.0 Å². The van der Waals surface area contributed by atoms with E-state index in [1.54, 1.807) is 7.05 Å². The number of carbonyl (C=O) groups excluding carboxylic acids is 1. The van der Waals surface area contributed by atoms with E-state index in [0.717, 1.165) is 17.6 Å². The van der Waals surface area contributed by atoms with Gasteiger partial charge in [0.05, 0.1) is 6.26 Å². The van der Waals surface area contributed by atoms with Gasteiger partial charge in [-0.15, -0.1) is 10.2 Å². The van der Waals surface area contributed by atoms with E-state index in [4.69, 9.17) is 0 Å². The maximum atomic E-state index is 11.5. The van der Waals surface area contributed by atoms with Crippen molar-refractivity contribution in [1.82, 2.24) is 20.2 Å². The van der Waals surface area contributed by atoms with E-state index < -0.39 is 10.0 Å². The number of nitrogens with zero attached hydrogens (tertiary/aromatic N) is 2. The number of hydrogen-bond acceptors (Lipinski definition) is 7. The molecule has 1 aromatic rings.